The van der Waals surface area contributed by atoms with Gasteiger partial charge in [-0.1, -0.05) is 0 Å². The van der Waals surface area contributed by atoms with E-state index < -0.39 is 9.84 Å². The molecular formula is C12H23NO3S. The largest absolute Gasteiger partial charge is 0.393 e. The Bertz CT molecular complexity index is 347. The molecule has 1 aliphatic carbocycles. The minimum absolute atomic E-state index is 0.108. The van der Waals surface area contributed by atoms with Gasteiger partial charge >= 0.3 is 0 Å². The fraction of sp³-hybridized carbons (Fsp3) is 1.00. The molecule has 5 heteroatoms. The van der Waals surface area contributed by atoms with Crippen LogP contribution in [-0.4, -0.2) is 55.7 Å². The summed E-state index contributed by atoms with van der Waals surface area (Å²) in [5, 5.41) is 9.45. The van der Waals surface area contributed by atoms with Crippen LogP contribution in [0.15, 0.2) is 0 Å². The standard InChI is InChI=1S/C12H23NO3S/c1-13(11-6-7-17(15,16)9-11)8-10-2-4-12(14)5-3-10/h10-12,14H,2-9H2,1H3. The van der Waals surface area contributed by atoms with Crippen LogP contribution in [0.3, 0.4) is 0 Å². The molecule has 1 saturated carbocycles. The molecule has 1 atom stereocenters. The van der Waals surface area contributed by atoms with Crippen LogP contribution in [0.1, 0.15) is 32.1 Å². The van der Waals surface area contributed by atoms with Crippen molar-refractivity contribution in [2.24, 2.45) is 5.92 Å². The molecule has 0 amide bonds. The number of sulfone groups is 1. The molecule has 0 spiro atoms. The Morgan fingerprint density at radius 1 is 1.18 bits per heavy atom. The Morgan fingerprint density at radius 3 is 2.35 bits per heavy atom. The maximum atomic E-state index is 11.4. The molecule has 0 bridgehead atoms. The van der Waals surface area contributed by atoms with Crippen molar-refractivity contribution in [1.29, 1.82) is 0 Å². The molecule has 0 radical (unpaired) electrons. The minimum Gasteiger partial charge on any atom is -0.393 e. The monoisotopic (exact) mass is 261 g/mol. The van der Waals surface area contributed by atoms with Gasteiger partial charge in [0.25, 0.3) is 0 Å². The molecule has 2 fully saturated rings. The maximum absolute atomic E-state index is 11.4. The molecule has 2 aliphatic rings. The zero-order valence-corrected chi connectivity index (χ0v) is 11.3. The zero-order chi connectivity index (χ0) is 12.5. The van der Waals surface area contributed by atoms with Crippen molar-refractivity contribution in [3.8, 4) is 0 Å². The van der Waals surface area contributed by atoms with Crippen molar-refractivity contribution >= 4 is 9.84 Å². The third-order valence-corrected chi connectivity index (χ3v) is 5.94. The summed E-state index contributed by atoms with van der Waals surface area (Å²) in [5.74, 6) is 1.32. The van der Waals surface area contributed by atoms with Gasteiger partial charge in [0, 0.05) is 12.6 Å². The number of rotatable bonds is 3. The molecule has 0 aromatic heterocycles. The van der Waals surface area contributed by atoms with E-state index in [-0.39, 0.29) is 12.1 Å². The molecule has 1 unspecified atom stereocenters. The molecule has 2 rings (SSSR count). The van der Waals surface area contributed by atoms with Crippen LogP contribution >= 0.6 is 0 Å². The summed E-state index contributed by atoms with van der Waals surface area (Å²) in [6.45, 7) is 0.979. The highest BCUT2D eigenvalue weighted by Gasteiger charge is 2.31. The lowest BCUT2D eigenvalue weighted by Crippen LogP contribution is -2.37. The first-order chi connectivity index (χ1) is 7.96. The van der Waals surface area contributed by atoms with E-state index in [1.54, 1.807) is 0 Å². The lowest BCUT2D eigenvalue weighted by Gasteiger charge is -2.31. The lowest BCUT2D eigenvalue weighted by atomic mass is 9.87. The smallest absolute Gasteiger partial charge is 0.151 e. The molecule has 0 aromatic carbocycles. The normalized spacial score (nSPS) is 37.5. The molecule has 1 heterocycles. The number of aliphatic hydroxyl groups excluding tert-OH is 1. The van der Waals surface area contributed by atoms with Crippen LogP contribution in [0, 0.1) is 5.92 Å². The van der Waals surface area contributed by atoms with E-state index in [9.17, 15) is 13.5 Å². The van der Waals surface area contributed by atoms with Gasteiger partial charge < -0.3 is 10.0 Å². The topological polar surface area (TPSA) is 57.6 Å². The number of hydrogen-bond acceptors (Lipinski definition) is 4. The van der Waals surface area contributed by atoms with Gasteiger partial charge in [0.15, 0.2) is 9.84 Å². The van der Waals surface area contributed by atoms with Gasteiger partial charge in [-0.05, 0) is 45.1 Å². The van der Waals surface area contributed by atoms with Crippen LogP contribution < -0.4 is 0 Å². The number of aliphatic hydroxyl groups is 1. The molecule has 1 aliphatic heterocycles. The van der Waals surface area contributed by atoms with Gasteiger partial charge in [-0.2, -0.15) is 0 Å². The van der Waals surface area contributed by atoms with Gasteiger partial charge in [-0.15, -0.1) is 0 Å². The van der Waals surface area contributed by atoms with E-state index in [0.29, 0.717) is 17.4 Å². The van der Waals surface area contributed by atoms with Gasteiger partial charge in [0.1, 0.15) is 0 Å². The highest BCUT2D eigenvalue weighted by molar-refractivity contribution is 7.91. The molecule has 4 nitrogen and oxygen atoms in total. The fourth-order valence-corrected chi connectivity index (χ4v) is 4.81. The quantitative estimate of drug-likeness (QED) is 0.811. The molecule has 1 N–H and O–H groups in total. The van der Waals surface area contributed by atoms with E-state index >= 15 is 0 Å². The zero-order valence-electron chi connectivity index (χ0n) is 10.5. The second-order valence-corrected chi connectivity index (χ2v) is 7.90. The van der Waals surface area contributed by atoms with Crippen LogP contribution in [-0.2, 0) is 9.84 Å². The Hall–Kier alpha value is -0.130. The molecule has 100 valence electrons. The molecule has 17 heavy (non-hydrogen) atoms. The SMILES string of the molecule is CN(CC1CCC(O)CC1)C1CCS(=O)(=O)C1. The van der Waals surface area contributed by atoms with E-state index in [1.165, 1.54) is 0 Å². The molecular weight excluding hydrogens is 238 g/mol. The van der Waals surface area contributed by atoms with Crippen molar-refractivity contribution in [3.05, 3.63) is 0 Å². The maximum Gasteiger partial charge on any atom is 0.151 e. The summed E-state index contributed by atoms with van der Waals surface area (Å²) in [7, 11) is -0.734. The van der Waals surface area contributed by atoms with E-state index in [4.69, 9.17) is 0 Å². The summed E-state index contributed by atoms with van der Waals surface area (Å²) < 4.78 is 22.8. The summed E-state index contributed by atoms with van der Waals surface area (Å²) in [5.41, 5.74) is 0. The number of nitrogens with zero attached hydrogens (tertiary/aromatic N) is 1. The van der Waals surface area contributed by atoms with Gasteiger partial charge in [-0.3, -0.25) is 0 Å². The van der Waals surface area contributed by atoms with Crippen molar-refractivity contribution in [1.82, 2.24) is 4.90 Å². The van der Waals surface area contributed by atoms with Gasteiger partial charge in [0.2, 0.25) is 0 Å². The van der Waals surface area contributed by atoms with E-state index in [2.05, 4.69) is 4.90 Å². The average Bonchev–Trinajstić information content (AvgIpc) is 2.62. The first-order valence-electron chi connectivity index (χ1n) is 6.55. The second kappa shape index (κ2) is 5.24. The summed E-state index contributed by atoms with van der Waals surface area (Å²) in [6.07, 6.45) is 4.64. The Balaban J connectivity index is 1.79. The van der Waals surface area contributed by atoms with Crippen molar-refractivity contribution < 1.29 is 13.5 Å². The highest BCUT2D eigenvalue weighted by Crippen LogP contribution is 2.26. The highest BCUT2D eigenvalue weighted by atomic mass is 32.2. The third kappa shape index (κ3) is 3.66. The predicted molar refractivity (Wildman–Crippen MR) is 67.7 cm³/mol. The van der Waals surface area contributed by atoms with Crippen LogP contribution in [0.2, 0.25) is 0 Å². The summed E-state index contributed by atoms with van der Waals surface area (Å²) >= 11 is 0. The van der Waals surface area contributed by atoms with Gasteiger partial charge in [0.05, 0.1) is 17.6 Å². The second-order valence-electron chi connectivity index (χ2n) is 5.67. The lowest BCUT2D eigenvalue weighted by molar-refractivity contribution is 0.0927. The van der Waals surface area contributed by atoms with E-state index in [0.717, 1.165) is 38.6 Å². The van der Waals surface area contributed by atoms with E-state index in [1.807, 2.05) is 7.05 Å². The fourth-order valence-electron chi connectivity index (χ4n) is 3.01. The average molecular weight is 261 g/mol. The first-order valence-corrected chi connectivity index (χ1v) is 8.37. The van der Waals surface area contributed by atoms with Crippen molar-refractivity contribution in [2.45, 2.75) is 44.2 Å². The van der Waals surface area contributed by atoms with Crippen LogP contribution in [0.5, 0.6) is 0 Å². The summed E-state index contributed by atoms with van der Waals surface area (Å²) in [6, 6.07) is 0.215. The molecule has 0 aromatic rings. The minimum atomic E-state index is -2.77. The molecule has 1 saturated heterocycles. The van der Waals surface area contributed by atoms with Crippen LogP contribution in [0.4, 0.5) is 0 Å². The van der Waals surface area contributed by atoms with Crippen molar-refractivity contribution in [2.75, 3.05) is 25.1 Å². The summed E-state index contributed by atoms with van der Waals surface area (Å²) in [4.78, 5) is 2.22. The Labute approximate surface area is 104 Å². The third-order valence-electron chi connectivity index (χ3n) is 4.19. The first kappa shape index (κ1) is 13.3. The van der Waals surface area contributed by atoms with Crippen LogP contribution in [0.25, 0.3) is 0 Å². The van der Waals surface area contributed by atoms with Crippen molar-refractivity contribution in [3.63, 3.8) is 0 Å². The Kier molecular flexibility index (Phi) is 4.10. The van der Waals surface area contributed by atoms with Gasteiger partial charge in [-0.25, -0.2) is 8.42 Å². The Morgan fingerprint density at radius 2 is 1.82 bits per heavy atom. The number of hydrogen-bond donors (Lipinski definition) is 1. The predicted octanol–water partition coefficient (Wildman–Crippen LogP) is 0.656.